The number of ether oxygens (including phenoxy) is 2. The van der Waals surface area contributed by atoms with E-state index in [4.69, 9.17) is 26.2 Å². The van der Waals surface area contributed by atoms with Gasteiger partial charge in [0.05, 0.1) is 18.9 Å². The number of likely N-dealkylation sites (tertiary alicyclic amines) is 1. The summed E-state index contributed by atoms with van der Waals surface area (Å²) in [6.45, 7) is 2.89. The number of para-hydroxylation sites is 1. The Hall–Kier alpha value is -2.73. The topological polar surface area (TPSA) is 54.4 Å². The minimum absolute atomic E-state index is 0.0407. The summed E-state index contributed by atoms with van der Waals surface area (Å²) in [4.78, 5) is 13.8. The molecule has 0 aromatic heterocycles. The van der Waals surface area contributed by atoms with Gasteiger partial charge >= 0.3 is 0 Å². The Bertz CT molecular complexity index is 1030. The van der Waals surface area contributed by atoms with E-state index >= 15 is 0 Å². The lowest BCUT2D eigenvalue weighted by Crippen LogP contribution is -2.59. The minimum atomic E-state index is -0.610. The number of hydrazone groups is 1. The van der Waals surface area contributed by atoms with Crippen LogP contribution < -0.4 is 9.47 Å². The molecule has 2 aromatic carbocycles. The molecule has 1 spiro atoms. The molecule has 1 amide bonds. The largest absolute Gasteiger partial charge is 0.493 e. The van der Waals surface area contributed by atoms with Gasteiger partial charge in [0.15, 0.2) is 11.5 Å². The summed E-state index contributed by atoms with van der Waals surface area (Å²) in [6, 6.07) is 13.9. The van der Waals surface area contributed by atoms with Gasteiger partial charge in [-0.25, -0.2) is 5.01 Å². The van der Waals surface area contributed by atoms with Crippen molar-refractivity contribution in [3.05, 3.63) is 58.6 Å². The first-order valence-electron chi connectivity index (χ1n) is 10.3. The maximum atomic E-state index is 11.9. The van der Waals surface area contributed by atoms with E-state index in [2.05, 4.69) is 11.1 Å². The van der Waals surface area contributed by atoms with Crippen LogP contribution in [0.3, 0.4) is 0 Å². The van der Waals surface area contributed by atoms with Crippen LogP contribution in [0.5, 0.6) is 11.5 Å². The van der Waals surface area contributed by atoms with Crippen molar-refractivity contribution < 1.29 is 14.3 Å². The number of hydrogen-bond acceptors (Lipinski definition) is 5. The normalized spacial score (nSPS) is 21.6. The lowest BCUT2D eigenvalue weighted by Gasteiger charge is -2.51. The quantitative estimate of drug-likeness (QED) is 0.722. The molecule has 0 N–H and O–H groups in total. The van der Waals surface area contributed by atoms with Crippen molar-refractivity contribution in [3.63, 3.8) is 0 Å². The molecule has 3 aliphatic rings. The lowest BCUT2D eigenvalue weighted by atomic mass is 9.90. The third-order valence-electron chi connectivity index (χ3n) is 6.38. The van der Waals surface area contributed by atoms with Crippen molar-refractivity contribution in [2.45, 2.75) is 38.0 Å². The third kappa shape index (κ3) is 2.93. The van der Waals surface area contributed by atoms with Crippen molar-refractivity contribution in [2.75, 3.05) is 20.2 Å². The van der Waals surface area contributed by atoms with Crippen LogP contribution in [0.15, 0.2) is 47.6 Å². The Morgan fingerprint density at radius 1 is 1.20 bits per heavy atom. The fourth-order valence-electron chi connectivity index (χ4n) is 4.79. The number of piperidine rings is 1. The van der Waals surface area contributed by atoms with E-state index in [0.29, 0.717) is 31.0 Å². The number of methoxy groups -OCH3 is 1. The Morgan fingerprint density at radius 2 is 1.97 bits per heavy atom. The first-order valence-corrected chi connectivity index (χ1v) is 10.6. The maximum Gasteiger partial charge on any atom is 0.219 e. The zero-order valence-corrected chi connectivity index (χ0v) is 17.9. The van der Waals surface area contributed by atoms with Gasteiger partial charge in [0.25, 0.3) is 0 Å². The van der Waals surface area contributed by atoms with E-state index in [1.165, 1.54) is 0 Å². The van der Waals surface area contributed by atoms with Crippen molar-refractivity contribution >= 4 is 23.2 Å². The summed E-state index contributed by atoms with van der Waals surface area (Å²) in [5.41, 5.74) is 2.37. The molecule has 3 aliphatic heterocycles. The number of carbonyl (C=O) groups excluding carboxylic acids is 1. The number of benzene rings is 2. The Balaban J connectivity index is 1.59. The maximum absolute atomic E-state index is 11.9. The predicted octanol–water partition coefficient (Wildman–Crippen LogP) is 4.23. The number of hydrogen-bond donors (Lipinski definition) is 0. The molecule has 0 saturated carbocycles. The number of halogens is 1. The number of rotatable bonds is 2. The molecule has 7 heteroatoms. The smallest absolute Gasteiger partial charge is 0.219 e. The van der Waals surface area contributed by atoms with Crippen LogP contribution in [0.4, 0.5) is 0 Å². The number of fused-ring (bicyclic) bond motifs is 4. The van der Waals surface area contributed by atoms with Gasteiger partial charge in [-0.2, -0.15) is 5.10 Å². The second kappa shape index (κ2) is 7.20. The van der Waals surface area contributed by atoms with Crippen LogP contribution in [0.1, 0.15) is 43.4 Å². The monoisotopic (exact) mass is 425 g/mol. The van der Waals surface area contributed by atoms with Crippen LogP contribution in [0.2, 0.25) is 5.02 Å². The van der Waals surface area contributed by atoms with E-state index in [-0.39, 0.29) is 11.9 Å². The lowest BCUT2D eigenvalue weighted by molar-refractivity contribution is -0.159. The zero-order chi connectivity index (χ0) is 20.9. The summed E-state index contributed by atoms with van der Waals surface area (Å²) in [5, 5.41) is 7.85. The van der Waals surface area contributed by atoms with Crippen molar-refractivity contribution in [1.29, 1.82) is 0 Å². The van der Waals surface area contributed by atoms with Gasteiger partial charge in [0.2, 0.25) is 11.6 Å². The van der Waals surface area contributed by atoms with Gasteiger partial charge in [-0.15, -0.1) is 0 Å². The zero-order valence-electron chi connectivity index (χ0n) is 17.1. The van der Waals surface area contributed by atoms with E-state index in [0.717, 1.165) is 34.8 Å². The van der Waals surface area contributed by atoms with Gasteiger partial charge in [0.1, 0.15) is 0 Å². The highest BCUT2D eigenvalue weighted by Crippen LogP contribution is 2.52. The number of nitrogens with zero attached hydrogens (tertiary/aromatic N) is 3. The highest BCUT2D eigenvalue weighted by Gasteiger charge is 2.52. The van der Waals surface area contributed by atoms with E-state index < -0.39 is 5.72 Å². The highest BCUT2D eigenvalue weighted by atomic mass is 35.5. The second-order valence-electron chi connectivity index (χ2n) is 8.02. The van der Waals surface area contributed by atoms with Crippen molar-refractivity contribution in [3.8, 4) is 11.5 Å². The molecule has 1 saturated heterocycles. The molecular formula is C23H24ClN3O3. The second-order valence-corrected chi connectivity index (χ2v) is 8.43. The average Bonchev–Trinajstić information content (AvgIpc) is 3.21. The molecule has 2 aromatic rings. The molecule has 30 heavy (non-hydrogen) atoms. The average molecular weight is 426 g/mol. The van der Waals surface area contributed by atoms with Gasteiger partial charge in [0, 0.05) is 55.4 Å². The molecule has 1 atom stereocenters. The van der Waals surface area contributed by atoms with E-state index in [1.807, 2.05) is 41.3 Å². The van der Waals surface area contributed by atoms with Crippen molar-refractivity contribution in [1.82, 2.24) is 9.91 Å². The van der Waals surface area contributed by atoms with Gasteiger partial charge in [-0.3, -0.25) is 4.79 Å². The van der Waals surface area contributed by atoms with Gasteiger partial charge in [-0.05, 0) is 12.1 Å². The summed E-state index contributed by atoms with van der Waals surface area (Å²) in [5.74, 6) is 1.61. The first-order chi connectivity index (χ1) is 14.5. The Kier molecular flexibility index (Phi) is 4.62. The molecule has 0 radical (unpaired) electrons. The van der Waals surface area contributed by atoms with Crippen LogP contribution in [-0.4, -0.2) is 47.5 Å². The van der Waals surface area contributed by atoms with Crippen LogP contribution in [0.25, 0.3) is 0 Å². The molecule has 3 heterocycles. The summed E-state index contributed by atoms with van der Waals surface area (Å²) in [7, 11) is 1.66. The molecule has 1 fully saturated rings. The fraction of sp³-hybridized carbons (Fsp3) is 0.391. The third-order valence-corrected chi connectivity index (χ3v) is 6.71. The fourth-order valence-corrected chi connectivity index (χ4v) is 5.03. The first kappa shape index (κ1) is 19.2. The van der Waals surface area contributed by atoms with E-state index in [1.54, 1.807) is 14.0 Å². The van der Waals surface area contributed by atoms with E-state index in [9.17, 15) is 4.79 Å². The molecule has 6 nitrogen and oxygen atoms in total. The highest BCUT2D eigenvalue weighted by molar-refractivity contribution is 6.34. The summed E-state index contributed by atoms with van der Waals surface area (Å²) < 4.78 is 12.3. The molecule has 0 unspecified atom stereocenters. The molecule has 0 aliphatic carbocycles. The number of amides is 1. The molecular weight excluding hydrogens is 402 g/mol. The van der Waals surface area contributed by atoms with Crippen LogP contribution in [0, 0.1) is 0 Å². The molecule has 5 rings (SSSR count). The van der Waals surface area contributed by atoms with Crippen LogP contribution in [-0.2, 0) is 4.79 Å². The van der Waals surface area contributed by atoms with Gasteiger partial charge in [-0.1, -0.05) is 41.9 Å². The standard InChI is InChI=1S/C23H24ClN3O3/c1-15(28)26-12-10-23(11-13-26)27-20(17-7-5-9-21(29-2)22(17)30-23)14-19(25-27)16-6-3-4-8-18(16)24/h3-9,20H,10-14H2,1-2H3/t20-/m1/s1. The summed E-state index contributed by atoms with van der Waals surface area (Å²) in [6.07, 6.45) is 2.10. The summed E-state index contributed by atoms with van der Waals surface area (Å²) >= 11 is 6.49. The van der Waals surface area contributed by atoms with Gasteiger partial charge < -0.3 is 14.4 Å². The Labute approximate surface area is 181 Å². The Morgan fingerprint density at radius 3 is 2.67 bits per heavy atom. The SMILES string of the molecule is COc1cccc2c1OC1(CCN(C(C)=O)CC1)N1N=C(c3ccccc3Cl)C[C@H]21. The minimum Gasteiger partial charge on any atom is -0.493 e. The molecule has 0 bridgehead atoms. The predicted molar refractivity (Wildman–Crippen MR) is 115 cm³/mol. The molecule has 156 valence electrons. The van der Waals surface area contributed by atoms with Crippen LogP contribution >= 0.6 is 11.6 Å². The van der Waals surface area contributed by atoms with Crippen molar-refractivity contribution in [2.24, 2.45) is 5.10 Å². The number of carbonyl (C=O) groups is 1.